The lowest BCUT2D eigenvalue weighted by Crippen LogP contribution is -2.52. The molecule has 2 aromatic rings. The summed E-state index contributed by atoms with van der Waals surface area (Å²) in [6.07, 6.45) is 5.97. The van der Waals surface area contributed by atoms with Crippen LogP contribution in [0.4, 0.5) is 0 Å². The van der Waals surface area contributed by atoms with Crippen molar-refractivity contribution in [3.8, 4) is 5.75 Å². The fourth-order valence-electron chi connectivity index (χ4n) is 4.25. The number of amides is 2. The van der Waals surface area contributed by atoms with Crippen LogP contribution in [0.2, 0.25) is 10.0 Å². The first-order chi connectivity index (χ1) is 15.9. The van der Waals surface area contributed by atoms with Crippen LogP contribution in [0.3, 0.4) is 0 Å². The maximum absolute atomic E-state index is 13.4. The summed E-state index contributed by atoms with van der Waals surface area (Å²) in [5.74, 6) is 0.00994. The summed E-state index contributed by atoms with van der Waals surface area (Å²) in [7, 11) is 0. The molecule has 0 aromatic heterocycles. The van der Waals surface area contributed by atoms with Crippen LogP contribution in [0.1, 0.15) is 56.6 Å². The summed E-state index contributed by atoms with van der Waals surface area (Å²) in [5.41, 5.74) is 2.07. The highest BCUT2D eigenvalue weighted by Crippen LogP contribution is 2.28. The summed E-state index contributed by atoms with van der Waals surface area (Å²) in [6.45, 7) is 4.05. The molecular weight excluding hydrogens is 459 g/mol. The van der Waals surface area contributed by atoms with Crippen LogP contribution in [0, 0.1) is 6.92 Å². The Morgan fingerprint density at radius 2 is 1.85 bits per heavy atom. The van der Waals surface area contributed by atoms with Crippen molar-refractivity contribution in [3.05, 3.63) is 63.6 Å². The van der Waals surface area contributed by atoms with Crippen LogP contribution >= 0.6 is 23.2 Å². The number of halogens is 2. The van der Waals surface area contributed by atoms with Gasteiger partial charge in [0, 0.05) is 17.6 Å². The molecule has 3 rings (SSSR count). The highest BCUT2D eigenvalue weighted by Gasteiger charge is 2.31. The Hall–Kier alpha value is -2.24. The highest BCUT2D eigenvalue weighted by atomic mass is 35.5. The number of carbonyl (C=O) groups is 2. The largest absolute Gasteiger partial charge is 0.482 e. The monoisotopic (exact) mass is 490 g/mol. The molecular formula is C26H32Cl2N2O3. The lowest BCUT2D eigenvalue weighted by atomic mass is 9.95. The van der Waals surface area contributed by atoms with Gasteiger partial charge in [-0.3, -0.25) is 9.59 Å². The van der Waals surface area contributed by atoms with E-state index in [1.54, 1.807) is 23.1 Å². The second-order valence-electron chi connectivity index (χ2n) is 8.58. The molecule has 1 N–H and O–H groups in total. The molecule has 178 valence electrons. The number of rotatable bonds is 9. The summed E-state index contributed by atoms with van der Waals surface area (Å²) in [4.78, 5) is 28.2. The lowest BCUT2D eigenvalue weighted by Gasteiger charge is -2.33. The third-order valence-electron chi connectivity index (χ3n) is 6.18. The Balaban J connectivity index is 1.78. The maximum Gasteiger partial charge on any atom is 0.261 e. The zero-order valence-electron chi connectivity index (χ0n) is 19.3. The fraction of sp³-hybridized carbons (Fsp3) is 0.462. The first kappa shape index (κ1) is 25.4. The molecule has 0 heterocycles. The average Bonchev–Trinajstić information content (AvgIpc) is 2.80. The van der Waals surface area contributed by atoms with Crippen LogP contribution in [-0.4, -0.2) is 35.4 Å². The lowest BCUT2D eigenvalue weighted by molar-refractivity contribution is -0.143. The van der Waals surface area contributed by atoms with Crippen molar-refractivity contribution in [1.82, 2.24) is 10.2 Å². The molecule has 2 amide bonds. The third kappa shape index (κ3) is 7.12. The first-order valence-corrected chi connectivity index (χ1v) is 12.4. The van der Waals surface area contributed by atoms with E-state index in [2.05, 4.69) is 5.32 Å². The summed E-state index contributed by atoms with van der Waals surface area (Å²) in [6, 6.07) is 12.4. The molecule has 1 aliphatic carbocycles. The van der Waals surface area contributed by atoms with E-state index >= 15 is 0 Å². The zero-order chi connectivity index (χ0) is 23.8. The van der Waals surface area contributed by atoms with Crippen LogP contribution in [0.15, 0.2) is 42.5 Å². The van der Waals surface area contributed by atoms with E-state index in [4.69, 9.17) is 27.9 Å². The smallest absolute Gasteiger partial charge is 0.261 e. The molecule has 5 nitrogen and oxygen atoms in total. The molecule has 0 saturated heterocycles. The van der Waals surface area contributed by atoms with Crippen LogP contribution in [0.25, 0.3) is 0 Å². The number of hydrogen-bond donors (Lipinski definition) is 1. The topological polar surface area (TPSA) is 58.6 Å². The molecule has 0 spiro atoms. The van der Waals surface area contributed by atoms with Gasteiger partial charge in [0.2, 0.25) is 5.91 Å². The maximum atomic E-state index is 13.4. The second kappa shape index (κ2) is 12.3. The molecule has 7 heteroatoms. The predicted octanol–water partition coefficient (Wildman–Crippen LogP) is 5.94. The molecule has 1 saturated carbocycles. The Morgan fingerprint density at radius 3 is 2.52 bits per heavy atom. The van der Waals surface area contributed by atoms with Gasteiger partial charge < -0.3 is 15.0 Å². The van der Waals surface area contributed by atoms with Gasteiger partial charge in [-0.2, -0.15) is 0 Å². The van der Waals surface area contributed by atoms with Crippen molar-refractivity contribution >= 4 is 35.0 Å². The quantitative estimate of drug-likeness (QED) is 0.473. The van der Waals surface area contributed by atoms with Gasteiger partial charge in [-0.05, 0) is 55.5 Å². The minimum absolute atomic E-state index is 0.101. The van der Waals surface area contributed by atoms with Gasteiger partial charge in [0.15, 0.2) is 6.61 Å². The van der Waals surface area contributed by atoms with Crippen molar-refractivity contribution in [2.24, 2.45) is 0 Å². The standard InChI is InChI=1S/C26H32Cl2N2O3/c1-3-23(26(32)29-21-11-5-4-6-12-21)30(16-19-10-8-7-9-18(19)2)25(31)17-33-24-14-13-20(27)15-22(24)28/h7-10,13-15,21,23H,3-6,11-12,16-17H2,1-2H3,(H,29,32)/t23-/m1/s1. The van der Waals surface area contributed by atoms with Gasteiger partial charge in [-0.25, -0.2) is 0 Å². The molecule has 1 aliphatic rings. The predicted molar refractivity (Wildman–Crippen MR) is 133 cm³/mol. The van der Waals surface area contributed by atoms with E-state index in [0.29, 0.717) is 28.8 Å². The first-order valence-electron chi connectivity index (χ1n) is 11.6. The van der Waals surface area contributed by atoms with Gasteiger partial charge >= 0.3 is 0 Å². The number of nitrogens with zero attached hydrogens (tertiary/aromatic N) is 1. The summed E-state index contributed by atoms with van der Waals surface area (Å²) >= 11 is 12.1. The highest BCUT2D eigenvalue weighted by molar-refractivity contribution is 6.35. The normalized spacial score (nSPS) is 15.0. The minimum atomic E-state index is -0.580. The Kier molecular flexibility index (Phi) is 9.45. The number of nitrogens with one attached hydrogen (secondary N) is 1. The summed E-state index contributed by atoms with van der Waals surface area (Å²) < 4.78 is 5.71. The van der Waals surface area contributed by atoms with Crippen molar-refractivity contribution in [2.45, 2.75) is 71.0 Å². The average molecular weight is 491 g/mol. The third-order valence-corrected chi connectivity index (χ3v) is 6.71. The number of ether oxygens (including phenoxy) is 1. The van der Waals surface area contributed by atoms with Crippen LogP contribution in [-0.2, 0) is 16.1 Å². The molecule has 0 aliphatic heterocycles. The fourth-order valence-corrected chi connectivity index (χ4v) is 4.71. The van der Waals surface area contributed by atoms with Crippen LogP contribution < -0.4 is 10.1 Å². The minimum Gasteiger partial charge on any atom is -0.482 e. The molecule has 1 fully saturated rings. The van der Waals surface area contributed by atoms with E-state index in [1.165, 1.54) is 6.42 Å². The van der Waals surface area contributed by atoms with Crippen molar-refractivity contribution in [2.75, 3.05) is 6.61 Å². The number of benzene rings is 2. The zero-order valence-corrected chi connectivity index (χ0v) is 20.8. The number of aryl methyl sites for hydroxylation is 1. The van der Waals surface area contributed by atoms with Crippen LogP contribution in [0.5, 0.6) is 5.75 Å². The van der Waals surface area contributed by atoms with Crippen molar-refractivity contribution < 1.29 is 14.3 Å². The second-order valence-corrected chi connectivity index (χ2v) is 9.42. The molecule has 0 unspecified atom stereocenters. The molecule has 0 bridgehead atoms. The van der Waals surface area contributed by atoms with Gasteiger partial charge in [-0.1, -0.05) is 73.7 Å². The Morgan fingerprint density at radius 1 is 1.12 bits per heavy atom. The SMILES string of the molecule is CC[C@H](C(=O)NC1CCCCC1)N(Cc1ccccc1C)C(=O)COc1ccc(Cl)cc1Cl. The number of hydrogen-bond acceptors (Lipinski definition) is 3. The van der Waals surface area contributed by atoms with Gasteiger partial charge in [0.05, 0.1) is 5.02 Å². The van der Waals surface area contributed by atoms with E-state index < -0.39 is 6.04 Å². The molecule has 2 aromatic carbocycles. The van der Waals surface area contributed by atoms with E-state index in [1.807, 2.05) is 38.1 Å². The number of carbonyl (C=O) groups excluding carboxylic acids is 2. The summed E-state index contributed by atoms with van der Waals surface area (Å²) in [5, 5.41) is 4.01. The van der Waals surface area contributed by atoms with E-state index in [9.17, 15) is 9.59 Å². The van der Waals surface area contributed by atoms with Crippen molar-refractivity contribution in [3.63, 3.8) is 0 Å². The van der Waals surface area contributed by atoms with E-state index in [0.717, 1.165) is 36.8 Å². The Bertz CT molecular complexity index is 960. The van der Waals surface area contributed by atoms with Gasteiger partial charge in [0.1, 0.15) is 11.8 Å². The molecule has 1 atom stereocenters. The molecule has 0 radical (unpaired) electrons. The van der Waals surface area contributed by atoms with Gasteiger partial charge in [0.25, 0.3) is 5.91 Å². The molecule has 33 heavy (non-hydrogen) atoms. The van der Waals surface area contributed by atoms with Gasteiger partial charge in [-0.15, -0.1) is 0 Å². The van der Waals surface area contributed by atoms with E-state index in [-0.39, 0.29) is 24.5 Å². The van der Waals surface area contributed by atoms with Crippen molar-refractivity contribution in [1.29, 1.82) is 0 Å². The Labute approximate surface area is 206 Å².